The number of nitrogens with zero attached hydrogens (tertiary/aromatic N) is 1. The number of rotatable bonds is 6. The van der Waals surface area contributed by atoms with Gasteiger partial charge in [0.25, 0.3) is 0 Å². The lowest BCUT2D eigenvalue weighted by Crippen LogP contribution is -2.21. The van der Waals surface area contributed by atoms with Crippen molar-refractivity contribution in [2.45, 2.75) is 58.6 Å². The smallest absolute Gasteiger partial charge is 0.0957 e. The third-order valence-electron chi connectivity index (χ3n) is 3.33. The van der Waals surface area contributed by atoms with Gasteiger partial charge in [0, 0.05) is 24.4 Å². The lowest BCUT2D eigenvalue weighted by atomic mass is 10.1. The van der Waals surface area contributed by atoms with Crippen LogP contribution in [0, 0.1) is 6.92 Å². The molecular formula is C14H24N2OS. The lowest BCUT2D eigenvalue weighted by Gasteiger charge is -2.21. The van der Waals surface area contributed by atoms with Crippen LogP contribution in [0.15, 0.2) is 0 Å². The molecule has 0 bridgehead atoms. The Hall–Kier alpha value is -0.450. The van der Waals surface area contributed by atoms with Gasteiger partial charge in [0.05, 0.1) is 16.8 Å². The van der Waals surface area contributed by atoms with Gasteiger partial charge in [-0.25, -0.2) is 4.98 Å². The minimum absolute atomic E-state index is 0.403. The van der Waals surface area contributed by atoms with Gasteiger partial charge in [-0.1, -0.05) is 6.92 Å². The Labute approximate surface area is 114 Å². The second-order valence-electron chi connectivity index (χ2n) is 4.99. The fourth-order valence-corrected chi connectivity index (χ4v) is 3.39. The first kappa shape index (κ1) is 14.0. The van der Waals surface area contributed by atoms with Crippen LogP contribution < -0.4 is 5.32 Å². The van der Waals surface area contributed by atoms with Crippen LogP contribution in [0.1, 0.15) is 48.2 Å². The van der Waals surface area contributed by atoms with Crippen LogP contribution in [0.25, 0.3) is 0 Å². The van der Waals surface area contributed by atoms with E-state index in [1.165, 1.54) is 41.3 Å². The number of ether oxygens (including phenoxy) is 1. The van der Waals surface area contributed by atoms with E-state index in [0.29, 0.717) is 6.10 Å². The van der Waals surface area contributed by atoms with Gasteiger partial charge in [0.1, 0.15) is 0 Å². The molecule has 0 saturated carbocycles. The highest BCUT2D eigenvalue weighted by molar-refractivity contribution is 7.11. The molecule has 1 aliphatic rings. The van der Waals surface area contributed by atoms with Crippen LogP contribution in [0.3, 0.4) is 0 Å². The van der Waals surface area contributed by atoms with Crippen molar-refractivity contribution in [3.63, 3.8) is 0 Å². The van der Waals surface area contributed by atoms with E-state index in [4.69, 9.17) is 4.74 Å². The highest BCUT2D eigenvalue weighted by Crippen LogP contribution is 2.23. The molecule has 1 unspecified atom stereocenters. The molecule has 1 aliphatic heterocycles. The molecule has 1 N–H and O–H groups in total. The van der Waals surface area contributed by atoms with E-state index in [0.717, 1.165) is 26.1 Å². The summed E-state index contributed by atoms with van der Waals surface area (Å²) in [6, 6.07) is 0. The maximum Gasteiger partial charge on any atom is 0.0957 e. The normalized spacial score (nSPS) is 20.2. The molecule has 1 saturated heterocycles. The highest BCUT2D eigenvalue weighted by Gasteiger charge is 2.17. The monoisotopic (exact) mass is 268 g/mol. The van der Waals surface area contributed by atoms with E-state index in [2.05, 4.69) is 24.1 Å². The molecule has 3 nitrogen and oxygen atoms in total. The summed E-state index contributed by atoms with van der Waals surface area (Å²) in [5.74, 6) is 0. The zero-order valence-electron chi connectivity index (χ0n) is 11.5. The Morgan fingerprint density at radius 3 is 3.06 bits per heavy atom. The average molecular weight is 268 g/mol. The third kappa shape index (κ3) is 4.04. The molecule has 0 aliphatic carbocycles. The molecule has 2 heterocycles. The molecule has 102 valence electrons. The van der Waals surface area contributed by atoms with Crippen molar-refractivity contribution >= 4 is 11.3 Å². The summed E-state index contributed by atoms with van der Waals surface area (Å²) in [5.41, 5.74) is 1.19. The van der Waals surface area contributed by atoms with E-state index >= 15 is 0 Å². The second-order valence-corrected chi connectivity index (χ2v) is 6.15. The van der Waals surface area contributed by atoms with E-state index in [9.17, 15) is 0 Å². The fourth-order valence-electron chi connectivity index (χ4n) is 2.28. The van der Waals surface area contributed by atoms with Crippen molar-refractivity contribution in [2.75, 3.05) is 13.2 Å². The summed E-state index contributed by atoms with van der Waals surface area (Å²) >= 11 is 1.85. The summed E-state index contributed by atoms with van der Waals surface area (Å²) in [6.07, 6.45) is 6.31. The fraction of sp³-hybridized carbons (Fsp3) is 0.786. The molecule has 2 rings (SSSR count). The van der Waals surface area contributed by atoms with E-state index < -0.39 is 0 Å². The van der Waals surface area contributed by atoms with E-state index in [1.54, 1.807) is 0 Å². The molecule has 4 heteroatoms. The summed E-state index contributed by atoms with van der Waals surface area (Å²) in [5, 5.41) is 4.69. The van der Waals surface area contributed by atoms with Gasteiger partial charge < -0.3 is 10.1 Å². The van der Waals surface area contributed by atoms with Gasteiger partial charge >= 0.3 is 0 Å². The lowest BCUT2D eigenvalue weighted by molar-refractivity contribution is 0.0167. The zero-order chi connectivity index (χ0) is 12.8. The molecular weight excluding hydrogens is 244 g/mol. The molecule has 0 spiro atoms. The first-order valence-corrected chi connectivity index (χ1v) is 7.88. The Morgan fingerprint density at radius 2 is 2.33 bits per heavy atom. The van der Waals surface area contributed by atoms with Crippen LogP contribution in [-0.2, 0) is 17.7 Å². The van der Waals surface area contributed by atoms with Crippen molar-refractivity contribution in [1.82, 2.24) is 10.3 Å². The van der Waals surface area contributed by atoms with E-state index in [-0.39, 0.29) is 0 Å². The summed E-state index contributed by atoms with van der Waals surface area (Å²) in [6.45, 7) is 7.28. The summed E-state index contributed by atoms with van der Waals surface area (Å²) in [4.78, 5) is 6.07. The molecule has 1 aromatic heterocycles. The highest BCUT2D eigenvalue weighted by atomic mass is 32.1. The van der Waals surface area contributed by atoms with Crippen molar-refractivity contribution in [3.8, 4) is 0 Å². The summed E-state index contributed by atoms with van der Waals surface area (Å²) < 4.78 is 5.78. The van der Waals surface area contributed by atoms with Crippen LogP contribution in [0.4, 0.5) is 0 Å². The van der Waals surface area contributed by atoms with Crippen molar-refractivity contribution < 1.29 is 4.74 Å². The van der Waals surface area contributed by atoms with Gasteiger partial charge in [0.15, 0.2) is 0 Å². The number of hydrogen-bond acceptors (Lipinski definition) is 4. The van der Waals surface area contributed by atoms with Gasteiger partial charge in [-0.15, -0.1) is 11.3 Å². The molecule has 18 heavy (non-hydrogen) atoms. The molecule has 0 aromatic carbocycles. The van der Waals surface area contributed by atoms with Gasteiger partial charge in [-0.3, -0.25) is 0 Å². The SMILES string of the molecule is CCCNCc1sc(CC2CCCCO2)nc1C. The average Bonchev–Trinajstić information content (AvgIpc) is 2.71. The zero-order valence-corrected chi connectivity index (χ0v) is 12.3. The number of aryl methyl sites for hydroxylation is 1. The van der Waals surface area contributed by atoms with Crippen molar-refractivity contribution in [1.29, 1.82) is 0 Å². The first-order valence-electron chi connectivity index (χ1n) is 7.07. The third-order valence-corrected chi connectivity index (χ3v) is 4.51. The largest absolute Gasteiger partial charge is 0.378 e. The predicted molar refractivity (Wildman–Crippen MR) is 76.1 cm³/mol. The van der Waals surface area contributed by atoms with Crippen LogP contribution in [0.5, 0.6) is 0 Å². The molecule has 0 amide bonds. The Morgan fingerprint density at radius 1 is 1.44 bits per heavy atom. The first-order chi connectivity index (χ1) is 8.79. The maximum atomic E-state index is 5.78. The van der Waals surface area contributed by atoms with Crippen LogP contribution in [0.2, 0.25) is 0 Å². The molecule has 1 aromatic rings. The number of thiazole rings is 1. The topological polar surface area (TPSA) is 34.1 Å². The minimum atomic E-state index is 0.403. The van der Waals surface area contributed by atoms with Gasteiger partial charge in [0.2, 0.25) is 0 Å². The number of aromatic nitrogens is 1. The maximum absolute atomic E-state index is 5.78. The summed E-state index contributed by atoms with van der Waals surface area (Å²) in [7, 11) is 0. The van der Waals surface area contributed by atoms with Gasteiger partial charge in [-0.05, 0) is 39.2 Å². The van der Waals surface area contributed by atoms with Gasteiger partial charge in [-0.2, -0.15) is 0 Å². The van der Waals surface area contributed by atoms with Crippen LogP contribution >= 0.6 is 11.3 Å². The molecule has 0 radical (unpaired) electrons. The Balaban J connectivity index is 1.86. The quantitative estimate of drug-likeness (QED) is 0.805. The molecule has 1 fully saturated rings. The Bertz CT molecular complexity index is 359. The van der Waals surface area contributed by atoms with Crippen molar-refractivity contribution in [2.24, 2.45) is 0 Å². The number of nitrogens with one attached hydrogen (secondary N) is 1. The van der Waals surface area contributed by atoms with Crippen LogP contribution in [-0.4, -0.2) is 24.2 Å². The standard InChI is InChI=1S/C14H24N2OS/c1-3-7-15-10-13-11(2)16-14(18-13)9-12-6-4-5-8-17-12/h12,15H,3-10H2,1-2H3. The minimum Gasteiger partial charge on any atom is -0.378 e. The second kappa shape index (κ2) is 7.22. The van der Waals surface area contributed by atoms with Crippen molar-refractivity contribution in [3.05, 3.63) is 15.6 Å². The Kier molecular flexibility index (Phi) is 5.60. The molecule has 1 atom stereocenters. The van der Waals surface area contributed by atoms with E-state index in [1.807, 2.05) is 11.3 Å². The predicted octanol–water partition coefficient (Wildman–Crippen LogP) is 3.06. The number of hydrogen-bond donors (Lipinski definition) is 1.